The average molecular weight is 334 g/mol. The molecule has 1 fully saturated rings. The number of hydrogen-bond acceptors (Lipinski definition) is 7. The van der Waals surface area contributed by atoms with E-state index in [4.69, 9.17) is 4.74 Å². The lowest BCUT2D eigenvalue weighted by molar-refractivity contribution is -0.233. The van der Waals surface area contributed by atoms with E-state index in [9.17, 15) is 30.3 Å². The third-order valence-electron chi connectivity index (χ3n) is 4.32. The van der Waals surface area contributed by atoms with Crippen molar-refractivity contribution in [1.29, 1.82) is 0 Å². The Morgan fingerprint density at radius 2 is 1.17 bits per heavy atom. The fraction of sp³-hybridized carbons (Fsp3) is 0.938. The molecular formula is C16H30O7. The van der Waals surface area contributed by atoms with Gasteiger partial charge in [-0.1, -0.05) is 45.4 Å². The van der Waals surface area contributed by atoms with Gasteiger partial charge in [-0.3, -0.25) is 4.79 Å². The van der Waals surface area contributed by atoms with Crippen LogP contribution in [-0.4, -0.2) is 68.1 Å². The third-order valence-corrected chi connectivity index (χ3v) is 4.32. The van der Waals surface area contributed by atoms with Crippen LogP contribution in [0.5, 0.6) is 0 Å². The van der Waals surface area contributed by atoms with Crippen molar-refractivity contribution in [3.63, 3.8) is 0 Å². The van der Waals surface area contributed by atoms with Gasteiger partial charge in [-0.15, -0.1) is 0 Å². The van der Waals surface area contributed by atoms with Crippen molar-refractivity contribution >= 4 is 5.97 Å². The highest BCUT2D eigenvalue weighted by atomic mass is 16.6. The van der Waals surface area contributed by atoms with Crippen LogP contribution in [0.2, 0.25) is 0 Å². The van der Waals surface area contributed by atoms with E-state index in [0.717, 1.165) is 19.3 Å². The van der Waals surface area contributed by atoms with Gasteiger partial charge in [0.15, 0.2) is 6.10 Å². The van der Waals surface area contributed by atoms with E-state index in [1.165, 1.54) is 19.3 Å². The lowest BCUT2D eigenvalue weighted by atomic mass is 9.85. The van der Waals surface area contributed by atoms with Crippen LogP contribution >= 0.6 is 0 Å². The van der Waals surface area contributed by atoms with Crippen LogP contribution in [0.25, 0.3) is 0 Å². The van der Waals surface area contributed by atoms with Crippen molar-refractivity contribution in [2.45, 2.75) is 94.9 Å². The molecule has 0 aromatic heterocycles. The van der Waals surface area contributed by atoms with Gasteiger partial charge in [-0.25, -0.2) is 0 Å². The molecule has 23 heavy (non-hydrogen) atoms. The molecule has 6 atom stereocenters. The summed E-state index contributed by atoms with van der Waals surface area (Å²) in [6.45, 7) is 2.15. The molecule has 0 saturated heterocycles. The Morgan fingerprint density at radius 1 is 0.739 bits per heavy atom. The lowest BCUT2D eigenvalue weighted by Gasteiger charge is -2.41. The van der Waals surface area contributed by atoms with E-state index in [-0.39, 0.29) is 6.42 Å². The molecule has 0 aromatic rings. The SMILES string of the molecule is CCCCCCCCCC(=O)OC1[C@@H](O)[C@H](O)C(O)[C@H](O)[C@@H]1O. The van der Waals surface area contributed by atoms with Gasteiger partial charge >= 0.3 is 5.97 Å². The summed E-state index contributed by atoms with van der Waals surface area (Å²) >= 11 is 0. The van der Waals surface area contributed by atoms with Crippen LogP contribution in [-0.2, 0) is 9.53 Å². The maximum Gasteiger partial charge on any atom is 0.306 e. The molecule has 0 amide bonds. The Morgan fingerprint density at radius 3 is 1.70 bits per heavy atom. The van der Waals surface area contributed by atoms with E-state index in [2.05, 4.69) is 6.92 Å². The van der Waals surface area contributed by atoms with Crippen LogP contribution in [0.1, 0.15) is 58.3 Å². The molecule has 1 saturated carbocycles. The van der Waals surface area contributed by atoms with Gasteiger partial charge in [-0.2, -0.15) is 0 Å². The fourth-order valence-corrected chi connectivity index (χ4v) is 2.77. The van der Waals surface area contributed by atoms with E-state index < -0.39 is 42.6 Å². The zero-order valence-electron chi connectivity index (χ0n) is 13.7. The molecule has 0 heterocycles. The molecule has 1 rings (SSSR count). The zero-order valence-corrected chi connectivity index (χ0v) is 13.7. The van der Waals surface area contributed by atoms with Crippen molar-refractivity contribution in [1.82, 2.24) is 0 Å². The Labute approximate surface area is 136 Å². The number of aliphatic hydroxyl groups excluding tert-OH is 5. The number of hydrogen-bond donors (Lipinski definition) is 5. The lowest BCUT2D eigenvalue weighted by Crippen LogP contribution is -2.64. The van der Waals surface area contributed by atoms with E-state index in [0.29, 0.717) is 6.42 Å². The number of rotatable bonds is 9. The standard InChI is InChI=1S/C16H30O7/c1-2-3-4-5-6-7-8-9-10(17)23-16-14(21)12(19)11(18)13(20)15(16)22/h11-16,18-22H,2-9H2,1H3/t11?,12-,13+,14-,15-,16?/m0/s1. The Hall–Kier alpha value is -0.730. The van der Waals surface area contributed by atoms with Crippen molar-refractivity contribution < 1.29 is 35.1 Å². The highest BCUT2D eigenvalue weighted by molar-refractivity contribution is 5.69. The summed E-state index contributed by atoms with van der Waals surface area (Å²) < 4.78 is 4.98. The second kappa shape index (κ2) is 10.2. The largest absolute Gasteiger partial charge is 0.457 e. The smallest absolute Gasteiger partial charge is 0.306 e. The van der Waals surface area contributed by atoms with E-state index in [1.807, 2.05) is 0 Å². The maximum atomic E-state index is 11.8. The Balaban J connectivity index is 2.30. The molecule has 1 aliphatic rings. The summed E-state index contributed by atoms with van der Waals surface area (Å²) in [5, 5.41) is 48.1. The molecule has 7 heteroatoms. The first-order valence-corrected chi connectivity index (χ1v) is 8.50. The minimum atomic E-state index is -1.68. The number of esters is 1. The van der Waals surface area contributed by atoms with Crippen molar-refractivity contribution in [3.05, 3.63) is 0 Å². The fourth-order valence-electron chi connectivity index (χ4n) is 2.77. The second-order valence-corrected chi connectivity index (χ2v) is 6.28. The van der Waals surface area contributed by atoms with Crippen LogP contribution in [0.4, 0.5) is 0 Å². The molecule has 1 aliphatic carbocycles. The van der Waals surface area contributed by atoms with Crippen molar-refractivity contribution in [2.24, 2.45) is 0 Å². The molecular weight excluding hydrogens is 304 g/mol. The van der Waals surface area contributed by atoms with Gasteiger partial charge in [0.05, 0.1) is 0 Å². The number of carbonyl (C=O) groups excluding carboxylic acids is 1. The Bertz CT molecular complexity index is 333. The number of aliphatic hydroxyl groups is 5. The van der Waals surface area contributed by atoms with E-state index in [1.54, 1.807) is 0 Å². The van der Waals surface area contributed by atoms with Crippen LogP contribution in [0.3, 0.4) is 0 Å². The van der Waals surface area contributed by atoms with Crippen LogP contribution in [0.15, 0.2) is 0 Å². The summed E-state index contributed by atoms with van der Waals surface area (Å²) in [6, 6.07) is 0. The summed E-state index contributed by atoms with van der Waals surface area (Å²) in [5.74, 6) is -0.600. The monoisotopic (exact) mass is 334 g/mol. The summed E-state index contributed by atoms with van der Waals surface area (Å²) in [6.07, 6.45) is -2.27. The van der Waals surface area contributed by atoms with Crippen LogP contribution in [0, 0.1) is 0 Å². The summed E-state index contributed by atoms with van der Waals surface area (Å²) in [7, 11) is 0. The Kier molecular flexibility index (Phi) is 9.01. The second-order valence-electron chi connectivity index (χ2n) is 6.28. The van der Waals surface area contributed by atoms with Crippen molar-refractivity contribution in [2.75, 3.05) is 0 Å². The first-order chi connectivity index (χ1) is 10.9. The predicted octanol–water partition coefficient (Wildman–Crippen LogP) is -0.143. The highest BCUT2D eigenvalue weighted by Crippen LogP contribution is 2.24. The maximum absolute atomic E-state index is 11.8. The van der Waals surface area contributed by atoms with Gasteiger partial charge in [0.25, 0.3) is 0 Å². The van der Waals surface area contributed by atoms with Gasteiger partial charge < -0.3 is 30.3 Å². The molecule has 7 nitrogen and oxygen atoms in total. The molecule has 0 radical (unpaired) electrons. The molecule has 136 valence electrons. The predicted molar refractivity (Wildman–Crippen MR) is 82.5 cm³/mol. The molecule has 5 N–H and O–H groups in total. The highest BCUT2D eigenvalue weighted by Gasteiger charge is 2.50. The first-order valence-electron chi connectivity index (χ1n) is 8.50. The molecule has 0 aliphatic heterocycles. The quantitative estimate of drug-likeness (QED) is 0.293. The number of carbonyl (C=O) groups is 1. The summed E-state index contributed by atoms with van der Waals surface area (Å²) in [5.41, 5.74) is 0. The molecule has 2 unspecified atom stereocenters. The normalized spacial score (nSPS) is 34.3. The molecule has 0 bridgehead atoms. The number of ether oxygens (including phenoxy) is 1. The number of unbranched alkanes of at least 4 members (excludes halogenated alkanes) is 6. The third kappa shape index (κ3) is 6.00. The average Bonchev–Trinajstić information content (AvgIpc) is 2.54. The molecule has 0 spiro atoms. The first kappa shape index (κ1) is 20.3. The van der Waals surface area contributed by atoms with Gasteiger partial charge in [0.2, 0.25) is 0 Å². The minimum absolute atomic E-state index is 0.151. The minimum Gasteiger partial charge on any atom is -0.457 e. The van der Waals surface area contributed by atoms with Gasteiger partial charge in [0.1, 0.15) is 30.5 Å². The zero-order chi connectivity index (χ0) is 17.4. The topological polar surface area (TPSA) is 127 Å². The van der Waals surface area contributed by atoms with Crippen molar-refractivity contribution in [3.8, 4) is 0 Å². The van der Waals surface area contributed by atoms with E-state index >= 15 is 0 Å². The van der Waals surface area contributed by atoms with Crippen LogP contribution < -0.4 is 0 Å². The summed E-state index contributed by atoms with van der Waals surface area (Å²) in [4.78, 5) is 11.8. The van der Waals surface area contributed by atoms with Gasteiger partial charge in [0, 0.05) is 6.42 Å². The molecule has 0 aromatic carbocycles. The van der Waals surface area contributed by atoms with Gasteiger partial charge in [-0.05, 0) is 6.42 Å².